The summed E-state index contributed by atoms with van der Waals surface area (Å²) in [4.78, 5) is 24.0. The van der Waals surface area contributed by atoms with E-state index in [-0.39, 0.29) is 11.8 Å². The van der Waals surface area contributed by atoms with Gasteiger partial charge < -0.3 is 15.8 Å². The number of nitrogens with two attached hydrogens (primary N) is 1. The lowest BCUT2D eigenvalue weighted by atomic mass is 9.88. The number of hydrogen-bond acceptors (Lipinski definition) is 3. The smallest absolute Gasteiger partial charge is 0.240 e. The minimum Gasteiger partial charge on any atom is -0.496 e. The molecule has 1 saturated carbocycles. The van der Waals surface area contributed by atoms with Gasteiger partial charge in [0.25, 0.3) is 0 Å². The van der Waals surface area contributed by atoms with Gasteiger partial charge in [-0.05, 0) is 24.5 Å². The molecule has 1 aromatic rings. The van der Waals surface area contributed by atoms with Gasteiger partial charge in [-0.2, -0.15) is 0 Å². The normalized spacial score (nSPS) is 16.8. The van der Waals surface area contributed by atoms with Gasteiger partial charge in [-0.1, -0.05) is 37.5 Å². The number of rotatable bonds is 6. The maximum atomic E-state index is 12.3. The first-order valence-corrected chi connectivity index (χ1v) is 7.83. The van der Waals surface area contributed by atoms with Crippen molar-refractivity contribution in [3.63, 3.8) is 0 Å². The highest BCUT2D eigenvalue weighted by atomic mass is 16.5. The van der Waals surface area contributed by atoms with Crippen molar-refractivity contribution in [1.82, 2.24) is 5.32 Å². The van der Waals surface area contributed by atoms with Crippen molar-refractivity contribution in [2.75, 3.05) is 7.11 Å². The molecule has 0 aliphatic heterocycles. The first kappa shape index (κ1) is 16.3. The number of nitrogens with one attached hydrogen (secondary N) is 1. The van der Waals surface area contributed by atoms with Crippen LogP contribution >= 0.6 is 0 Å². The fraction of sp³-hybridized carbons (Fsp3) is 0.529. The molecular weight excluding hydrogens is 280 g/mol. The third kappa shape index (κ3) is 4.23. The average molecular weight is 304 g/mol. The zero-order valence-corrected chi connectivity index (χ0v) is 13.0. The Hall–Kier alpha value is -2.04. The summed E-state index contributed by atoms with van der Waals surface area (Å²) in [6.07, 6.45) is 5.47. The van der Waals surface area contributed by atoms with Gasteiger partial charge in [0.05, 0.1) is 7.11 Å². The standard InChI is InChI=1S/C17H24N2O3/c1-22-15-10-6-5-9-13(15)11-14(16(18)20)19-17(21)12-7-3-2-4-8-12/h5-6,9-10,12,14H,2-4,7-8,11H2,1H3,(H2,18,20)(H,19,21)/t14-/m0/s1. The second kappa shape index (κ2) is 7.82. The van der Waals surface area contributed by atoms with Crippen molar-refractivity contribution in [2.24, 2.45) is 11.7 Å². The summed E-state index contributed by atoms with van der Waals surface area (Å²) >= 11 is 0. The molecule has 1 aliphatic rings. The number of carbonyl (C=O) groups is 2. The Bertz CT molecular complexity index is 524. The number of para-hydroxylation sites is 1. The molecule has 1 aromatic carbocycles. The molecule has 5 heteroatoms. The SMILES string of the molecule is COc1ccccc1C[C@H](NC(=O)C1CCCCC1)C(N)=O. The first-order chi connectivity index (χ1) is 10.6. The van der Waals surface area contributed by atoms with Crippen LogP contribution in [-0.2, 0) is 16.0 Å². The van der Waals surface area contributed by atoms with E-state index >= 15 is 0 Å². The van der Waals surface area contributed by atoms with Crippen LogP contribution in [0.1, 0.15) is 37.7 Å². The minimum absolute atomic E-state index is 0.00766. The molecule has 22 heavy (non-hydrogen) atoms. The predicted octanol–water partition coefficient (Wildman–Crippen LogP) is 1.79. The van der Waals surface area contributed by atoms with Crippen molar-refractivity contribution in [2.45, 2.75) is 44.6 Å². The van der Waals surface area contributed by atoms with Gasteiger partial charge in [0, 0.05) is 12.3 Å². The highest BCUT2D eigenvalue weighted by Crippen LogP contribution is 2.24. The fourth-order valence-corrected chi connectivity index (χ4v) is 2.97. The molecule has 1 atom stereocenters. The van der Waals surface area contributed by atoms with Gasteiger partial charge in [-0.25, -0.2) is 0 Å². The molecule has 0 bridgehead atoms. The molecule has 0 aromatic heterocycles. The third-order valence-electron chi connectivity index (χ3n) is 4.25. The lowest BCUT2D eigenvalue weighted by molar-refractivity contribution is -0.130. The van der Waals surface area contributed by atoms with E-state index in [0.717, 1.165) is 31.2 Å². The second-order valence-electron chi connectivity index (χ2n) is 5.81. The van der Waals surface area contributed by atoms with Gasteiger partial charge in [0.1, 0.15) is 11.8 Å². The van der Waals surface area contributed by atoms with Crippen LogP contribution < -0.4 is 15.8 Å². The second-order valence-corrected chi connectivity index (χ2v) is 5.81. The Morgan fingerprint density at radius 2 is 1.95 bits per heavy atom. The Balaban J connectivity index is 2.03. The summed E-state index contributed by atoms with van der Waals surface area (Å²) in [5, 5.41) is 2.82. The summed E-state index contributed by atoms with van der Waals surface area (Å²) in [7, 11) is 1.58. The molecule has 1 fully saturated rings. The molecule has 2 amide bonds. The number of methoxy groups -OCH3 is 1. The fourth-order valence-electron chi connectivity index (χ4n) is 2.97. The van der Waals surface area contributed by atoms with Crippen LogP contribution in [0.2, 0.25) is 0 Å². The molecule has 5 nitrogen and oxygen atoms in total. The molecule has 0 radical (unpaired) electrons. The van der Waals surface area contributed by atoms with E-state index in [1.807, 2.05) is 24.3 Å². The average Bonchev–Trinajstić information content (AvgIpc) is 2.55. The highest BCUT2D eigenvalue weighted by Gasteiger charge is 2.26. The van der Waals surface area contributed by atoms with Crippen molar-refractivity contribution >= 4 is 11.8 Å². The molecule has 3 N–H and O–H groups in total. The third-order valence-corrected chi connectivity index (χ3v) is 4.25. The van der Waals surface area contributed by atoms with E-state index in [0.29, 0.717) is 12.2 Å². The molecule has 1 aliphatic carbocycles. The van der Waals surface area contributed by atoms with Crippen LogP contribution in [0.4, 0.5) is 0 Å². The Morgan fingerprint density at radius 1 is 1.27 bits per heavy atom. The van der Waals surface area contributed by atoms with Crippen molar-refractivity contribution in [3.05, 3.63) is 29.8 Å². The van der Waals surface area contributed by atoms with E-state index in [1.165, 1.54) is 6.42 Å². The lowest BCUT2D eigenvalue weighted by Gasteiger charge is -2.24. The number of amides is 2. The van der Waals surface area contributed by atoms with Gasteiger partial charge in [0.15, 0.2) is 0 Å². The summed E-state index contributed by atoms with van der Waals surface area (Å²) in [5.74, 6) is 0.127. The molecule has 0 heterocycles. The van der Waals surface area contributed by atoms with E-state index in [9.17, 15) is 9.59 Å². The van der Waals surface area contributed by atoms with E-state index in [1.54, 1.807) is 7.11 Å². The number of benzene rings is 1. The van der Waals surface area contributed by atoms with Gasteiger partial charge in [-0.15, -0.1) is 0 Å². The molecular formula is C17H24N2O3. The first-order valence-electron chi connectivity index (χ1n) is 7.83. The largest absolute Gasteiger partial charge is 0.496 e. The van der Waals surface area contributed by atoms with Crippen LogP contribution in [0.3, 0.4) is 0 Å². The van der Waals surface area contributed by atoms with Crippen LogP contribution in [0.15, 0.2) is 24.3 Å². The van der Waals surface area contributed by atoms with Crippen molar-refractivity contribution in [1.29, 1.82) is 0 Å². The monoisotopic (exact) mass is 304 g/mol. The Morgan fingerprint density at radius 3 is 2.59 bits per heavy atom. The summed E-state index contributed by atoms with van der Waals surface area (Å²) in [6, 6.07) is 6.74. The van der Waals surface area contributed by atoms with E-state index in [4.69, 9.17) is 10.5 Å². The van der Waals surface area contributed by atoms with E-state index < -0.39 is 11.9 Å². The summed E-state index contributed by atoms with van der Waals surface area (Å²) in [5.41, 5.74) is 6.32. The van der Waals surface area contributed by atoms with Crippen LogP contribution in [-0.4, -0.2) is 25.0 Å². The molecule has 0 saturated heterocycles. The number of carbonyl (C=O) groups excluding carboxylic acids is 2. The molecule has 0 unspecified atom stereocenters. The zero-order chi connectivity index (χ0) is 15.9. The number of ether oxygens (including phenoxy) is 1. The van der Waals surface area contributed by atoms with Gasteiger partial charge in [-0.3, -0.25) is 9.59 Å². The maximum Gasteiger partial charge on any atom is 0.240 e. The molecule has 2 rings (SSSR count). The highest BCUT2D eigenvalue weighted by molar-refractivity contribution is 5.87. The number of primary amides is 1. The van der Waals surface area contributed by atoms with Crippen molar-refractivity contribution in [3.8, 4) is 5.75 Å². The Kier molecular flexibility index (Phi) is 5.81. The van der Waals surface area contributed by atoms with E-state index in [2.05, 4.69) is 5.32 Å². The summed E-state index contributed by atoms with van der Waals surface area (Å²) in [6.45, 7) is 0. The van der Waals surface area contributed by atoms with Crippen LogP contribution in [0, 0.1) is 5.92 Å². The van der Waals surface area contributed by atoms with Crippen LogP contribution in [0.25, 0.3) is 0 Å². The summed E-state index contributed by atoms with van der Waals surface area (Å²) < 4.78 is 5.28. The van der Waals surface area contributed by atoms with Gasteiger partial charge in [0.2, 0.25) is 11.8 Å². The molecule has 120 valence electrons. The number of hydrogen-bond donors (Lipinski definition) is 2. The Labute approximate surface area is 131 Å². The zero-order valence-electron chi connectivity index (χ0n) is 13.0. The maximum absolute atomic E-state index is 12.3. The quantitative estimate of drug-likeness (QED) is 0.840. The topological polar surface area (TPSA) is 81.4 Å². The molecule has 0 spiro atoms. The predicted molar refractivity (Wildman–Crippen MR) is 84.4 cm³/mol. The van der Waals surface area contributed by atoms with Gasteiger partial charge >= 0.3 is 0 Å². The minimum atomic E-state index is -0.703. The van der Waals surface area contributed by atoms with Crippen LogP contribution in [0.5, 0.6) is 5.75 Å². The van der Waals surface area contributed by atoms with Crippen molar-refractivity contribution < 1.29 is 14.3 Å². The lowest BCUT2D eigenvalue weighted by Crippen LogP contribution is -2.48.